The lowest BCUT2D eigenvalue weighted by molar-refractivity contribution is -0.121. The Morgan fingerprint density at radius 1 is 1.25 bits per heavy atom. The topological polar surface area (TPSA) is 68.0 Å². The SMILES string of the molecule is Cc1cccc(-c2noc(CCC(=O)NC3CCCCCC3)n2)c1. The van der Waals surface area contributed by atoms with Crippen LogP contribution in [0.3, 0.4) is 0 Å². The van der Waals surface area contributed by atoms with Crippen molar-refractivity contribution in [2.24, 2.45) is 0 Å². The van der Waals surface area contributed by atoms with Crippen molar-refractivity contribution in [3.8, 4) is 11.4 Å². The zero-order valence-corrected chi connectivity index (χ0v) is 14.3. The van der Waals surface area contributed by atoms with Gasteiger partial charge in [0.1, 0.15) is 0 Å². The zero-order chi connectivity index (χ0) is 16.8. The third-order valence-corrected chi connectivity index (χ3v) is 4.53. The van der Waals surface area contributed by atoms with Crippen molar-refractivity contribution in [3.05, 3.63) is 35.7 Å². The Hall–Kier alpha value is -2.17. The molecular weight excluding hydrogens is 302 g/mol. The van der Waals surface area contributed by atoms with Crippen molar-refractivity contribution in [1.29, 1.82) is 0 Å². The summed E-state index contributed by atoms with van der Waals surface area (Å²) in [6, 6.07) is 8.32. The van der Waals surface area contributed by atoms with Crippen LogP contribution in [0.1, 0.15) is 56.4 Å². The number of nitrogens with one attached hydrogen (secondary N) is 1. The molecule has 0 atom stereocenters. The van der Waals surface area contributed by atoms with Crippen molar-refractivity contribution in [3.63, 3.8) is 0 Å². The Bertz CT molecular complexity index is 673. The van der Waals surface area contributed by atoms with Gasteiger partial charge in [0.15, 0.2) is 0 Å². The maximum atomic E-state index is 12.1. The highest BCUT2D eigenvalue weighted by molar-refractivity contribution is 5.76. The molecule has 0 aliphatic heterocycles. The highest BCUT2D eigenvalue weighted by Gasteiger charge is 2.16. The van der Waals surface area contributed by atoms with Crippen molar-refractivity contribution >= 4 is 5.91 Å². The van der Waals surface area contributed by atoms with Gasteiger partial charge in [-0.05, 0) is 25.8 Å². The summed E-state index contributed by atoms with van der Waals surface area (Å²) in [7, 11) is 0. The summed E-state index contributed by atoms with van der Waals surface area (Å²) in [4.78, 5) is 16.5. The molecule has 2 aromatic rings. The molecule has 1 aliphatic carbocycles. The van der Waals surface area contributed by atoms with E-state index >= 15 is 0 Å². The molecule has 1 saturated carbocycles. The van der Waals surface area contributed by atoms with Gasteiger partial charge in [-0.2, -0.15) is 4.98 Å². The van der Waals surface area contributed by atoms with Gasteiger partial charge in [-0.25, -0.2) is 0 Å². The van der Waals surface area contributed by atoms with Crippen LogP contribution >= 0.6 is 0 Å². The number of carbonyl (C=O) groups is 1. The van der Waals surface area contributed by atoms with Gasteiger partial charge < -0.3 is 9.84 Å². The molecule has 1 N–H and O–H groups in total. The minimum absolute atomic E-state index is 0.0807. The first-order chi connectivity index (χ1) is 11.7. The van der Waals surface area contributed by atoms with Crippen LogP contribution in [0.25, 0.3) is 11.4 Å². The second kappa shape index (κ2) is 8.08. The predicted octanol–water partition coefficient (Wildman–Crippen LogP) is 3.82. The van der Waals surface area contributed by atoms with Crippen LogP contribution in [0.15, 0.2) is 28.8 Å². The van der Waals surface area contributed by atoms with Crippen LogP contribution in [0.4, 0.5) is 0 Å². The molecule has 0 spiro atoms. The molecule has 5 heteroatoms. The number of amides is 1. The maximum absolute atomic E-state index is 12.1. The van der Waals surface area contributed by atoms with Crippen LogP contribution in [-0.4, -0.2) is 22.1 Å². The van der Waals surface area contributed by atoms with Crippen molar-refractivity contribution in [2.45, 2.75) is 64.3 Å². The number of hydrogen-bond acceptors (Lipinski definition) is 4. The van der Waals surface area contributed by atoms with E-state index in [4.69, 9.17) is 4.52 Å². The molecule has 5 nitrogen and oxygen atoms in total. The first kappa shape index (κ1) is 16.7. The van der Waals surface area contributed by atoms with Gasteiger partial charge in [0.25, 0.3) is 0 Å². The molecule has 1 aliphatic rings. The summed E-state index contributed by atoms with van der Waals surface area (Å²) in [5, 5.41) is 7.16. The molecule has 0 radical (unpaired) electrons. The van der Waals surface area contributed by atoms with E-state index in [0.717, 1.165) is 24.0 Å². The number of hydrogen-bond donors (Lipinski definition) is 1. The summed E-state index contributed by atoms with van der Waals surface area (Å²) in [6.07, 6.45) is 8.09. The van der Waals surface area contributed by atoms with E-state index in [1.807, 2.05) is 31.2 Å². The lowest BCUT2D eigenvalue weighted by atomic mass is 10.1. The Kier molecular flexibility index (Phi) is 5.62. The summed E-state index contributed by atoms with van der Waals surface area (Å²) in [5.41, 5.74) is 2.09. The Morgan fingerprint density at radius 3 is 2.79 bits per heavy atom. The average molecular weight is 327 g/mol. The minimum atomic E-state index is 0.0807. The molecule has 0 saturated heterocycles. The molecule has 1 fully saturated rings. The molecule has 1 aromatic carbocycles. The van der Waals surface area contributed by atoms with E-state index in [2.05, 4.69) is 15.5 Å². The monoisotopic (exact) mass is 327 g/mol. The van der Waals surface area contributed by atoms with Crippen molar-refractivity contribution in [1.82, 2.24) is 15.5 Å². The molecule has 1 heterocycles. The zero-order valence-electron chi connectivity index (χ0n) is 14.3. The largest absolute Gasteiger partial charge is 0.353 e. The summed E-state index contributed by atoms with van der Waals surface area (Å²) in [5.74, 6) is 1.18. The third-order valence-electron chi connectivity index (χ3n) is 4.53. The number of aryl methyl sites for hydroxylation is 2. The molecule has 0 unspecified atom stereocenters. The lowest BCUT2D eigenvalue weighted by Gasteiger charge is -2.15. The summed E-state index contributed by atoms with van der Waals surface area (Å²) < 4.78 is 5.28. The Balaban J connectivity index is 1.50. The lowest BCUT2D eigenvalue weighted by Crippen LogP contribution is -2.34. The number of aromatic nitrogens is 2. The molecule has 0 bridgehead atoms. The number of benzene rings is 1. The normalized spacial score (nSPS) is 15.9. The van der Waals surface area contributed by atoms with E-state index in [1.165, 1.54) is 25.7 Å². The smallest absolute Gasteiger partial charge is 0.227 e. The molecule has 24 heavy (non-hydrogen) atoms. The van der Waals surface area contributed by atoms with Crippen LogP contribution in [0.5, 0.6) is 0 Å². The molecular formula is C19H25N3O2. The maximum Gasteiger partial charge on any atom is 0.227 e. The molecule has 1 amide bonds. The van der Waals surface area contributed by atoms with Gasteiger partial charge in [-0.1, -0.05) is 54.6 Å². The number of carbonyl (C=O) groups excluding carboxylic acids is 1. The second-order valence-electron chi connectivity index (χ2n) is 6.64. The number of rotatable bonds is 5. The van der Waals surface area contributed by atoms with Crippen LogP contribution < -0.4 is 5.32 Å². The van der Waals surface area contributed by atoms with Gasteiger partial charge in [-0.15, -0.1) is 0 Å². The third kappa shape index (κ3) is 4.66. The first-order valence-corrected chi connectivity index (χ1v) is 8.90. The Labute approximate surface area is 142 Å². The summed E-state index contributed by atoms with van der Waals surface area (Å²) >= 11 is 0. The standard InChI is InChI=1S/C19H25N3O2/c1-14-7-6-8-15(13-14)19-21-18(24-22-19)12-11-17(23)20-16-9-4-2-3-5-10-16/h6-8,13,16H,2-5,9-12H2,1H3,(H,20,23). The highest BCUT2D eigenvalue weighted by Crippen LogP contribution is 2.18. The van der Waals surface area contributed by atoms with Gasteiger partial charge in [0, 0.05) is 24.4 Å². The second-order valence-corrected chi connectivity index (χ2v) is 6.64. The van der Waals surface area contributed by atoms with E-state index < -0.39 is 0 Å². The van der Waals surface area contributed by atoms with Crippen LogP contribution in [0, 0.1) is 6.92 Å². The average Bonchev–Trinajstić information content (AvgIpc) is 2.91. The van der Waals surface area contributed by atoms with Crippen molar-refractivity contribution in [2.75, 3.05) is 0 Å². The molecule has 1 aromatic heterocycles. The fraction of sp³-hybridized carbons (Fsp3) is 0.526. The highest BCUT2D eigenvalue weighted by atomic mass is 16.5. The van der Waals surface area contributed by atoms with E-state index in [0.29, 0.717) is 30.6 Å². The van der Waals surface area contributed by atoms with Crippen LogP contribution in [0.2, 0.25) is 0 Å². The van der Waals surface area contributed by atoms with Gasteiger partial charge in [0.05, 0.1) is 0 Å². The van der Waals surface area contributed by atoms with Crippen LogP contribution in [-0.2, 0) is 11.2 Å². The quantitative estimate of drug-likeness (QED) is 0.848. The number of nitrogens with zero attached hydrogens (tertiary/aromatic N) is 2. The van der Waals surface area contributed by atoms with E-state index in [-0.39, 0.29) is 5.91 Å². The minimum Gasteiger partial charge on any atom is -0.353 e. The molecule has 3 rings (SSSR count). The fourth-order valence-electron chi connectivity index (χ4n) is 3.20. The molecule has 128 valence electrons. The van der Waals surface area contributed by atoms with Crippen molar-refractivity contribution < 1.29 is 9.32 Å². The van der Waals surface area contributed by atoms with Gasteiger partial charge >= 0.3 is 0 Å². The fourth-order valence-corrected chi connectivity index (χ4v) is 3.20. The Morgan fingerprint density at radius 2 is 2.04 bits per heavy atom. The predicted molar refractivity (Wildman–Crippen MR) is 92.4 cm³/mol. The first-order valence-electron chi connectivity index (χ1n) is 8.90. The van der Waals surface area contributed by atoms with Gasteiger partial charge in [-0.3, -0.25) is 4.79 Å². The van der Waals surface area contributed by atoms with E-state index in [1.54, 1.807) is 0 Å². The summed E-state index contributed by atoms with van der Waals surface area (Å²) in [6.45, 7) is 2.03. The van der Waals surface area contributed by atoms with Gasteiger partial charge in [0.2, 0.25) is 17.6 Å². The van der Waals surface area contributed by atoms with E-state index in [9.17, 15) is 4.79 Å².